The topological polar surface area (TPSA) is 41.6 Å². The molecular formula is C18H21IN2O2. The maximum absolute atomic E-state index is 12.2. The van der Waals surface area contributed by atoms with E-state index in [4.69, 9.17) is 4.74 Å². The van der Waals surface area contributed by atoms with Gasteiger partial charge in [0, 0.05) is 18.7 Å². The fourth-order valence-corrected chi connectivity index (χ4v) is 2.48. The molecule has 0 heterocycles. The van der Waals surface area contributed by atoms with Crippen LogP contribution >= 0.6 is 22.6 Å². The first kappa shape index (κ1) is 17.7. The first-order valence-corrected chi connectivity index (χ1v) is 8.53. The SMILES string of the molecule is CN(C)CCNC(=O)c1ccc(I)c(OCc2ccccc2)c1. The number of hydrogen-bond acceptors (Lipinski definition) is 3. The third kappa shape index (κ3) is 5.84. The first-order chi connectivity index (χ1) is 11.1. The Morgan fingerprint density at radius 1 is 1.17 bits per heavy atom. The van der Waals surface area contributed by atoms with Gasteiger partial charge in [0.2, 0.25) is 0 Å². The molecule has 5 heteroatoms. The Labute approximate surface area is 151 Å². The highest BCUT2D eigenvalue weighted by Gasteiger charge is 2.09. The van der Waals surface area contributed by atoms with Crippen molar-refractivity contribution in [3.63, 3.8) is 0 Å². The maximum Gasteiger partial charge on any atom is 0.251 e. The number of carbonyl (C=O) groups is 1. The van der Waals surface area contributed by atoms with Gasteiger partial charge in [-0.2, -0.15) is 0 Å². The minimum atomic E-state index is -0.0761. The van der Waals surface area contributed by atoms with E-state index in [0.29, 0.717) is 18.7 Å². The van der Waals surface area contributed by atoms with Gasteiger partial charge < -0.3 is 15.0 Å². The number of amides is 1. The van der Waals surface area contributed by atoms with Gasteiger partial charge in [0.1, 0.15) is 12.4 Å². The second-order valence-corrected chi connectivity index (χ2v) is 6.64. The molecule has 23 heavy (non-hydrogen) atoms. The van der Waals surface area contributed by atoms with Gasteiger partial charge in [0.25, 0.3) is 5.91 Å². The van der Waals surface area contributed by atoms with Crippen molar-refractivity contribution in [1.29, 1.82) is 0 Å². The zero-order chi connectivity index (χ0) is 16.7. The van der Waals surface area contributed by atoms with Crippen LogP contribution in [0.5, 0.6) is 5.75 Å². The average molecular weight is 424 g/mol. The number of likely N-dealkylation sites (N-methyl/N-ethyl adjacent to an activating group) is 1. The summed E-state index contributed by atoms with van der Waals surface area (Å²) in [5.41, 5.74) is 1.72. The molecular weight excluding hydrogens is 403 g/mol. The maximum atomic E-state index is 12.2. The number of nitrogens with zero attached hydrogens (tertiary/aromatic N) is 1. The van der Waals surface area contributed by atoms with E-state index in [1.54, 1.807) is 6.07 Å². The molecule has 0 aliphatic carbocycles. The molecule has 122 valence electrons. The van der Waals surface area contributed by atoms with Crippen LogP contribution in [0.4, 0.5) is 0 Å². The molecule has 0 saturated carbocycles. The first-order valence-electron chi connectivity index (χ1n) is 7.45. The van der Waals surface area contributed by atoms with Gasteiger partial charge >= 0.3 is 0 Å². The normalized spacial score (nSPS) is 10.6. The Kier molecular flexibility index (Phi) is 6.85. The van der Waals surface area contributed by atoms with Gasteiger partial charge in [-0.1, -0.05) is 30.3 Å². The smallest absolute Gasteiger partial charge is 0.251 e. The van der Waals surface area contributed by atoms with Gasteiger partial charge in [-0.25, -0.2) is 0 Å². The second kappa shape index (κ2) is 8.88. The third-order valence-electron chi connectivity index (χ3n) is 3.28. The average Bonchev–Trinajstić information content (AvgIpc) is 2.54. The van der Waals surface area contributed by atoms with E-state index in [1.165, 1.54) is 0 Å². The van der Waals surface area contributed by atoms with Crippen molar-refractivity contribution in [1.82, 2.24) is 10.2 Å². The van der Waals surface area contributed by atoms with E-state index in [-0.39, 0.29) is 5.91 Å². The zero-order valence-corrected chi connectivity index (χ0v) is 15.5. The van der Waals surface area contributed by atoms with Crippen molar-refractivity contribution in [2.75, 3.05) is 27.2 Å². The van der Waals surface area contributed by atoms with Crippen LogP contribution in [0.25, 0.3) is 0 Å². The van der Waals surface area contributed by atoms with Crippen LogP contribution in [0.1, 0.15) is 15.9 Å². The van der Waals surface area contributed by atoms with Crippen LogP contribution in [0.15, 0.2) is 48.5 Å². The van der Waals surface area contributed by atoms with Crippen LogP contribution in [-0.4, -0.2) is 38.0 Å². The highest BCUT2D eigenvalue weighted by Crippen LogP contribution is 2.23. The Morgan fingerprint density at radius 3 is 2.61 bits per heavy atom. The van der Waals surface area contributed by atoms with Crippen LogP contribution < -0.4 is 10.1 Å². The summed E-state index contributed by atoms with van der Waals surface area (Å²) in [7, 11) is 3.96. The fourth-order valence-electron chi connectivity index (χ4n) is 1.99. The van der Waals surface area contributed by atoms with Crippen molar-refractivity contribution in [2.24, 2.45) is 0 Å². The van der Waals surface area contributed by atoms with Gasteiger partial charge in [0.15, 0.2) is 0 Å². The Balaban J connectivity index is 1.99. The fraction of sp³-hybridized carbons (Fsp3) is 0.278. The molecule has 1 N–H and O–H groups in total. The molecule has 0 saturated heterocycles. The molecule has 0 atom stereocenters. The molecule has 2 aromatic carbocycles. The number of rotatable bonds is 7. The predicted molar refractivity (Wildman–Crippen MR) is 101 cm³/mol. The molecule has 2 rings (SSSR count). The van der Waals surface area contributed by atoms with E-state index in [1.807, 2.05) is 61.5 Å². The molecule has 0 aromatic heterocycles. The molecule has 1 amide bonds. The van der Waals surface area contributed by atoms with E-state index < -0.39 is 0 Å². The van der Waals surface area contributed by atoms with Crippen LogP contribution in [-0.2, 0) is 6.61 Å². The summed E-state index contributed by atoms with van der Waals surface area (Å²) in [5.74, 6) is 0.655. The highest BCUT2D eigenvalue weighted by atomic mass is 127. The molecule has 4 nitrogen and oxygen atoms in total. The summed E-state index contributed by atoms with van der Waals surface area (Å²) in [5, 5.41) is 2.91. The van der Waals surface area contributed by atoms with Crippen molar-refractivity contribution in [3.05, 3.63) is 63.2 Å². The molecule has 2 aromatic rings. The van der Waals surface area contributed by atoms with E-state index in [0.717, 1.165) is 21.4 Å². The Morgan fingerprint density at radius 2 is 1.91 bits per heavy atom. The molecule has 0 aliphatic rings. The Bertz CT molecular complexity index is 645. The molecule has 0 bridgehead atoms. The molecule has 0 fully saturated rings. The van der Waals surface area contributed by atoms with Crippen molar-refractivity contribution in [2.45, 2.75) is 6.61 Å². The molecule has 0 radical (unpaired) electrons. The molecule has 0 aliphatic heterocycles. The lowest BCUT2D eigenvalue weighted by molar-refractivity contribution is 0.0950. The summed E-state index contributed by atoms with van der Waals surface area (Å²) in [6.07, 6.45) is 0. The number of carbonyl (C=O) groups excluding carboxylic acids is 1. The summed E-state index contributed by atoms with van der Waals surface area (Å²) < 4.78 is 6.85. The standard InChI is InChI=1S/C18H21IN2O2/c1-21(2)11-10-20-18(22)15-8-9-16(19)17(12-15)23-13-14-6-4-3-5-7-14/h3-9,12H,10-11,13H2,1-2H3,(H,20,22). The molecule has 0 unspecified atom stereocenters. The minimum Gasteiger partial charge on any atom is -0.488 e. The number of benzene rings is 2. The van der Waals surface area contributed by atoms with Gasteiger partial charge in [-0.15, -0.1) is 0 Å². The lowest BCUT2D eigenvalue weighted by Crippen LogP contribution is -2.31. The lowest BCUT2D eigenvalue weighted by atomic mass is 10.2. The van der Waals surface area contributed by atoms with Crippen molar-refractivity contribution in [3.8, 4) is 5.75 Å². The summed E-state index contributed by atoms with van der Waals surface area (Å²) in [6, 6.07) is 15.5. The third-order valence-corrected chi connectivity index (χ3v) is 4.17. The van der Waals surface area contributed by atoms with E-state index in [9.17, 15) is 4.79 Å². The largest absolute Gasteiger partial charge is 0.488 e. The summed E-state index contributed by atoms with van der Waals surface area (Å²) >= 11 is 2.22. The zero-order valence-electron chi connectivity index (χ0n) is 13.4. The Hall–Kier alpha value is -1.60. The molecule has 0 spiro atoms. The summed E-state index contributed by atoms with van der Waals surface area (Å²) in [4.78, 5) is 14.2. The van der Waals surface area contributed by atoms with Gasteiger partial charge in [-0.05, 0) is 60.4 Å². The lowest BCUT2D eigenvalue weighted by Gasteiger charge is -2.12. The van der Waals surface area contributed by atoms with Crippen LogP contribution in [0.2, 0.25) is 0 Å². The second-order valence-electron chi connectivity index (χ2n) is 5.48. The number of hydrogen-bond donors (Lipinski definition) is 1. The van der Waals surface area contributed by atoms with Crippen molar-refractivity contribution < 1.29 is 9.53 Å². The monoisotopic (exact) mass is 424 g/mol. The van der Waals surface area contributed by atoms with E-state index >= 15 is 0 Å². The van der Waals surface area contributed by atoms with Crippen LogP contribution in [0, 0.1) is 3.57 Å². The predicted octanol–water partition coefficient (Wildman–Crippen LogP) is 3.16. The van der Waals surface area contributed by atoms with Gasteiger partial charge in [-0.3, -0.25) is 4.79 Å². The highest BCUT2D eigenvalue weighted by molar-refractivity contribution is 14.1. The number of halogens is 1. The van der Waals surface area contributed by atoms with Gasteiger partial charge in [0.05, 0.1) is 3.57 Å². The quantitative estimate of drug-likeness (QED) is 0.695. The summed E-state index contributed by atoms with van der Waals surface area (Å²) in [6.45, 7) is 1.92. The number of nitrogens with one attached hydrogen (secondary N) is 1. The van der Waals surface area contributed by atoms with Crippen molar-refractivity contribution >= 4 is 28.5 Å². The number of ether oxygens (including phenoxy) is 1. The van der Waals surface area contributed by atoms with Crippen LogP contribution in [0.3, 0.4) is 0 Å². The van der Waals surface area contributed by atoms with E-state index in [2.05, 4.69) is 27.9 Å². The minimum absolute atomic E-state index is 0.0761.